The number of hydrogen-bond donors (Lipinski definition) is 1. The van der Waals surface area contributed by atoms with Crippen LogP contribution in [0.1, 0.15) is 5.56 Å². The van der Waals surface area contributed by atoms with Crippen LogP contribution in [-0.4, -0.2) is 25.2 Å². The lowest BCUT2D eigenvalue weighted by Gasteiger charge is -2.13. The summed E-state index contributed by atoms with van der Waals surface area (Å²) in [5.41, 5.74) is 8.42. The highest BCUT2D eigenvalue weighted by molar-refractivity contribution is 5.70. The van der Waals surface area contributed by atoms with Crippen LogP contribution >= 0.6 is 0 Å². The van der Waals surface area contributed by atoms with Crippen LogP contribution in [0, 0.1) is 0 Å². The number of nitrogens with two attached hydrogens (primary N) is 1. The molecule has 0 aliphatic rings. The molecular formula is C19H16N6O. The van der Waals surface area contributed by atoms with E-state index >= 15 is 0 Å². The van der Waals surface area contributed by atoms with E-state index in [4.69, 9.17) is 10.5 Å². The van der Waals surface area contributed by atoms with Crippen molar-refractivity contribution in [3.63, 3.8) is 0 Å². The topological polar surface area (TPSA) is 91.7 Å². The largest absolute Gasteiger partial charge is 0.457 e. The van der Waals surface area contributed by atoms with E-state index in [2.05, 4.69) is 20.5 Å². The van der Waals surface area contributed by atoms with Gasteiger partial charge in [0.25, 0.3) is 0 Å². The first-order valence-electron chi connectivity index (χ1n) is 8.09. The molecule has 4 rings (SSSR count). The van der Waals surface area contributed by atoms with Gasteiger partial charge in [0.05, 0.1) is 12.2 Å². The van der Waals surface area contributed by atoms with Crippen molar-refractivity contribution < 1.29 is 4.74 Å². The van der Waals surface area contributed by atoms with Gasteiger partial charge in [-0.3, -0.25) is 4.98 Å². The lowest BCUT2D eigenvalue weighted by atomic mass is 10.0. The zero-order chi connectivity index (χ0) is 17.8. The Hall–Kier alpha value is -3.74. The molecule has 128 valence electrons. The van der Waals surface area contributed by atoms with Gasteiger partial charge in [0.1, 0.15) is 11.5 Å². The predicted octanol–water partition coefficient (Wildman–Crippen LogP) is 3.16. The minimum atomic E-state index is 0.258. The fraction of sp³-hybridized carbons (Fsp3) is 0.0526. The molecule has 0 spiro atoms. The van der Waals surface area contributed by atoms with E-state index in [0.29, 0.717) is 6.54 Å². The summed E-state index contributed by atoms with van der Waals surface area (Å²) in [4.78, 5) is 4.56. The Morgan fingerprint density at radius 2 is 1.73 bits per heavy atom. The van der Waals surface area contributed by atoms with Crippen LogP contribution in [0.25, 0.3) is 11.3 Å². The quantitative estimate of drug-likeness (QED) is 0.598. The number of para-hydroxylation sites is 2. The summed E-state index contributed by atoms with van der Waals surface area (Å²) in [6, 6.07) is 21.3. The second-order valence-corrected chi connectivity index (χ2v) is 5.62. The van der Waals surface area contributed by atoms with E-state index in [9.17, 15) is 0 Å². The smallest absolute Gasteiger partial charge is 0.240 e. The highest BCUT2D eigenvalue weighted by Gasteiger charge is 2.14. The molecule has 2 heterocycles. The average molecular weight is 344 g/mol. The third-order valence-electron chi connectivity index (χ3n) is 3.88. The maximum atomic E-state index is 6.07. The third-order valence-corrected chi connectivity index (χ3v) is 3.88. The molecule has 7 heteroatoms. The minimum absolute atomic E-state index is 0.258. The number of aromatic nitrogens is 5. The first-order valence-corrected chi connectivity index (χ1v) is 8.09. The van der Waals surface area contributed by atoms with E-state index in [-0.39, 0.29) is 5.95 Å². The second kappa shape index (κ2) is 7.02. The first-order chi connectivity index (χ1) is 12.8. The summed E-state index contributed by atoms with van der Waals surface area (Å²) in [6.07, 6.45) is 1.75. The van der Waals surface area contributed by atoms with Gasteiger partial charge < -0.3 is 10.5 Å². The maximum Gasteiger partial charge on any atom is 0.240 e. The fourth-order valence-corrected chi connectivity index (χ4v) is 2.66. The molecule has 0 aliphatic heterocycles. The monoisotopic (exact) mass is 344 g/mol. The molecule has 0 aliphatic carbocycles. The molecule has 0 radical (unpaired) electrons. The van der Waals surface area contributed by atoms with Crippen molar-refractivity contribution in [2.45, 2.75) is 6.54 Å². The van der Waals surface area contributed by atoms with E-state index < -0.39 is 0 Å². The van der Waals surface area contributed by atoms with Gasteiger partial charge in [-0.2, -0.15) is 0 Å². The Balaban J connectivity index is 1.73. The van der Waals surface area contributed by atoms with E-state index in [1.54, 1.807) is 6.20 Å². The molecule has 2 aromatic heterocycles. The van der Waals surface area contributed by atoms with Crippen molar-refractivity contribution >= 4 is 5.95 Å². The molecule has 2 aromatic carbocycles. The van der Waals surface area contributed by atoms with Crippen molar-refractivity contribution in [1.82, 2.24) is 25.2 Å². The predicted molar refractivity (Wildman–Crippen MR) is 97.5 cm³/mol. The Kier molecular flexibility index (Phi) is 4.26. The number of hydrogen-bond acceptors (Lipinski definition) is 6. The van der Waals surface area contributed by atoms with E-state index in [1.807, 2.05) is 66.7 Å². The lowest BCUT2D eigenvalue weighted by molar-refractivity contribution is 0.484. The number of nitrogens with zero attached hydrogens (tertiary/aromatic N) is 5. The summed E-state index contributed by atoms with van der Waals surface area (Å²) < 4.78 is 7.59. The number of ether oxygens (including phenoxy) is 1. The van der Waals surface area contributed by atoms with Crippen LogP contribution in [0.4, 0.5) is 5.95 Å². The summed E-state index contributed by atoms with van der Waals surface area (Å²) in [7, 11) is 0. The zero-order valence-corrected chi connectivity index (χ0v) is 13.9. The van der Waals surface area contributed by atoms with Gasteiger partial charge in [-0.05, 0) is 40.8 Å². The number of pyridine rings is 1. The Bertz CT molecular complexity index is 1020. The standard InChI is InChI=1S/C19H16N6O/c20-19-22-23-24-25(19)13-14-7-6-12-21-18(14)16-10-4-5-11-17(16)26-15-8-2-1-3-9-15/h1-12H,13H2,(H2,20,22,24). The molecule has 0 saturated carbocycles. The van der Waals surface area contributed by atoms with Crippen LogP contribution in [0.2, 0.25) is 0 Å². The highest BCUT2D eigenvalue weighted by atomic mass is 16.5. The average Bonchev–Trinajstić information content (AvgIpc) is 3.08. The Morgan fingerprint density at radius 1 is 0.923 bits per heavy atom. The number of anilines is 1. The number of nitrogen functional groups attached to an aromatic ring is 1. The Labute approximate surface area is 150 Å². The van der Waals surface area contributed by atoms with Crippen LogP contribution in [0.5, 0.6) is 11.5 Å². The Morgan fingerprint density at radius 3 is 2.54 bits per heavy atom. The molecule has 0 unspecified atom stereocenters. The maximum absolute atomic E-state index is 6.07. The molecule has 0 atom stereocenters. The van der Waals surface area contributed by atoms with Crippen molar-refractivity contribution in [3.8, 4) is 22.8 Å². The van der Waals surface area contributed by atoms with E-state index in [1.165, 1.54) is 4.68 Å². The molecular weight excluding hydrogens is 328 g/mol. The van der Waals surface area contributed by atoms with Crippen molar-refractivity contribution in [1.29, 1.82) is 0 Å². The molecule has 0 amide bonds. The second-order valence-electron chi connectivity index (χ2n) is 5.62. The van der Waals surface area contributed by atoms with Crippen LogP contribution in [0.15, 0.2) is 72.9 Å². The van der Waals surface area contributed by atoms with Gasteiger partial charge in [-0.15, -0.1) is 0 Å². The van der Waals surface area contributed by atoms with Crippen molar-refractivity contribution in [3.05, 3.63) is 78.5 Å². The fourth-order valence-electron chi connectivity index (χ4n) is 2.66. The molecule has 7 nitrogen and oxygen atoms in total. The van der Waals surface area contributed by atoms with Crippen molar-refractivity contribution in [2.24, 2.45) is 0 Å². The van der Waals surface area contributed by atoms with Gasteiger partial charge in [0.2, 0.25) is 5.95 Å². The molecule has 0 bridgehead atoms. The summed E-state index contributed by atoms with van der Waals surface area (Å²) in [6.45, 7) is 0.418. The van der Waals surface area contributed by atoms with Crippen molar-refractivity contribution in [2.75, 3.05) is 5.73 Å². The number of rotatable bonds is 5. The zero-order valence-electron chi connectivity index (χ0n) is 13.9. The third kappa shape index (κ3) is 3.23. The molecule has 2 N–H and O–H groups in total. The normalized spacial score (nSPS) is 10.6. The van der Waals surface area contributed by atoms with Gasteiger partial charge in [0, 0.05) is 17.3 Å². The summed E-state index contributed by atoms with van der Waals surface area (Å²) in [5, 5.41) is 11.2. The number of tetrazole rings is 1. The highest BCUT2D eigenvalue weighted by Crippen LogP contribution is 2.34. The van der Waals surface area contributed by atoms with Gasteiger partial charge in [-0.25, -0.2) is 4.68 Å². The van der Waals surface area contributed by atoms with Crippen LogP contribution < -0.4 is 10.5 Å². The number of benzene rings is 2. The SMILES string of the molecule is Nc1nnnn1Cc1cccnc1-c1ccccc1Oc1ccccc1. The van der Waals surface area contributed by atoms with Crippen LogP contribution in [0.3, 0.4) is 0 Å². The lowest BCUT2D eigenvalue weighted by Crippen LogP contribution is -2.08. The molecule has 0 saturated heterocycles. The van der Waals surface area contributed by atoms with Gasteiger partial charge >= 0.3 is 0 Å². The molecule has 4 aromatic rings. The van der Waals surface area contributed by atoms with Gasteiger partial charge in [0.15, 0.2) is 0 Å². The molecule has 0 fully saturated rings. The molecule has 26 heavy (non-hydrogen) atoms. The van der Waals surface area contributed by atoms with Crippen LogP contribution in [-0.2, 0) is 6.54 Å². The summed E-state index contributed by atoms with van der Waals surface area (Å²) in [5.74, 6) is 1.75. The van der Waals surface area contributed by atoms with Gasteiger partial charge in [-0.1, -0.05) is 41.5 Å². The minimum Gasteiger partial charge on any atom is -0.457 e. The first kappa shape index (κ1) is 15.8. The van der Waals surface area contributed by atoms with E-state index in [0.717, 1.165) is 28.3 Å². The summed E-state index contributed by atoms with van der Waals surface area (Å²) >= 11 is 0.